The van der Waals surface area contributed by atoms with E-state index < -0.39 is 0 Å². The topological polar surface area (TPSA) is 41.6 Å². The molecule has 0 radical (unpaired) electrons. The average Bonchev–Trinajstić information content (AvgIpc) is 3.15. The minimum atomic E-state index is -0.308. The second kappa shape index (κ2) is 6.46. The van der Waals surface area contributed by atoms with Crippen LogP contribution in [0.2, 0.25) is 0 Å². The van der Waals surface area contributed by atoms with Crippen LogP contribution in [-0.2, 0) is 16.0 Å². The molecule has 4 nitrogen and oxygen atoms in total. The number of carbonyl (C=O) groups is 1. The van der Waals surface area contributed by atoms with Crippen molar-refractivity contribution in [1.82, 2.24) is 10.2 Å². The minimum absolute atomic E-state index is 0.184. The minimum Gasteiger partial charge on any atom is -0.381 e. The third-order valence-electron chi connectivity index (χ3n) is 4.80. The summed E-state index contributed by atoms with van der Waals surface area (Å²) < 4.78 is 5.44. The van der Waals surface area contributed by atoms with Crippen molar-refractivity contribution in [3.63, 3.8) is 0 Å². The van der Waals surface area contributed by atoms with E-state index in [0.717, 1.165) is 52.1 Å². The van der Waals surface area contributed by atoms with Gasteiger partial charge < -0.3 is 10.1 Å². The van der Waals surface area contributed by atoms with Crippen LogP contribution in [0.25, 0.3) is 0 Å². The average molecular weight is 308 g/mol. The summed E-state index contributed by atoms with van der Waals surface area (Å²) in [5.74, 6) is 0.785. The predicted molar refractivity (Wildman–Crippen MR) is 84.6 cm³/mol. The van der Waals surface area contributed by atoms with Gasteiger partial charge >= 0.3 is 0 Å². The van der Waals surface area contributed by atoms with Crippen molar-refractivity contribution in [2.24, 2.45) is 5.92 Å². The van der Waals surface area contributed by atoms with Gasteiger partial charge in [-0.05, 0) is 43.6 Å². The number of nitrogens with zero attached hydrogens (tertiary/aromatic N) is 1. The largest absolute Gasteiger partial charge is 0.381 e. The molecule has 2 aliphatic rings. The molecule has 0 bridgehead atoms. The van der Waals surface area contributed by atoms with Gasteiger partial charge in [-0.25, -0.2) is 0 Å². The van der Waals surface area contributed by atoms with Gasteiger partial charge in [-0.15, -0.1) is 11.3 Å². The molecule has 2 saturated heterocycles. The molecule has 0 saturated carbocycles. The van der Waals surface area contributed by atoms with Gasteiger partial charge in [0.25, 0.3) is 0 Å². The van der Waals surface area contributed by atoms with Crippen LogP contribution >= 0.6 is 11.3 Å². The molecule has 3 rings (SSSR count). The summed E-state index contributed by atoms with van der Waals surface area (Å²) in [5, 5.41) is 5.19. The highest BCUT2D eigenvalue weighted by Crippen LogP contribution is 2.32. The van der Waals surface area contributed by atoms with Crippen LogP contribution in [-0.4, -0.2) is 49.2 Å². The zero-order chi connectivity index (χ0) is 14.7. The first-order valence-electron chi connectivity index (χ1n) is 7.82. The van der Waals surface area contributed by atoms with E-state index >= 15 is 0 Å². The summed E-state index contributed by atoms with van der Waals surface area (Å²) in [6, 6.07) is 4.18. The van der Waals surface area contributed by atoms with Crippen LogP contribution in [0.1, 0.15) is 24.6 Å². The molecule has 1 aromatic heterocycles. The maximum Gasteiger partial charge on any atom is 0.240 e. The van der Waals surface area contributed by atoms with Gasteiger partial charge in [0.15, 0.2) is 0 Å². The molecular weight excluding hydrogens is 284 g/mol. The van der Waals surface area contributed by atoms with Gasteiger partial charge in [0, 0.05) is 31.1 Å². The van der Waals surface area contributed by atoms with Crippen LogP contribution in [0.4, 0.5) is 0 Å². The predicted octanol–water partition coefficient (Wildman–Crippen LogP) is 1.91. The highest BCUT2D eigenvalue weighted by atomic mass is 32.1. The molecule has 1 N–H and O–H groups in total. The number of amides is 1. The first-order chi connectivity index (χ1) is 10.2. The Morgan fingerprint density at radius 2 is 2.52 bits per heavy atom. The number of thiophene rings is 1. The summed E-state index contributed by atoms with van der Waals surface area (Å²) in [6.45, 7) is 6.57. The summed E-state index contributed by atoms with van der Waals surface area (Å²) in [7, 11) is 0. The quantitative estimate of drug-likeness (QED) is 0.873. The van der Waals surface area contributed by atoms with Crippen molar-refractivity contribution in [3.8, 4) is 0 Å². The van der Waals surface area contributed by atoms with E-state index in [1.165, 1.54) is 4.88 Å². The molecule has 2 atom stereocenters. The van der Waals surface area contributed by atoms with Crippen molar-refractivity contribution in [3.05, 3.63) is 22.4 Å². The third kappa shape index (κ3) is 3.30. The Labute approximate surface area is 130 Å². The molecule has 3 heterocycles. The number of likely N-dealkylation sites (tertiary alicyclic amines) is 1. The lowest BCUT2D eigenvalue weighted by molar-refractivity contribution is -0.141. The standard InChI is InChI=1S/C16H24N2O2S/c1-16(6-8-18(16)11-13-5-9-20-12-13)15(19)17-7-4-14-3-2-10-21-14/h2-3,10,13H,4-9,11-12H2,1H3,(H,17,19). The molecule has 2 aliphatic heterocycles. The molecule has 1 aromatic rings. The SMILES string of the molecule is CC1(C(=O)NCCc2cccs2)CCN1CC1CCOC1. The molecule has 5 heteroatoms. The van der Waals surface area contributed by atoms with Crippen molar-refractivity contribution < 1.29 is 9.53 Å². The second-order valence-corrected chi connectivity index (χ2v) is 7.32. The Balaban J connectivity index is 1.46. The number of ether oxygens (including phenoxy) is 1. The number of nitrogens with one attached hydrogen (secondary N) is 1. The highest BCUT2D eigenvalue weighted by Gasteiger charge is 2.47. The summed E-state index contributed by atoms with van der Waals surface area (Å²) in [5.41, 5.74) is -0.308. The van der Waals surface area contributed by atoms with E-state index in [0.29, 0.717) is 5.92 Å². The van der Waals surface area contributed by atoms with Crippen LogP contribution in [0.15, 0.2) is 17.5 Å². The van der Waals surface area contributed by atoms with Crippen LogP contribution < -0.4 is 5.32 Å². The smallest absolute Gasteiger partial charge is 0.240 e. The van der Waals surface area contributed by atoms with Gasteiger partial charge in [0.2, 0.25) is 5.91 Å². The lowest BCUT2D eigenvalue weighted by atomic mass is 9.84. The fourth-order valence-corrected chi connectivity index (χ4v) is 3.85. The second-order valence-electron chi connectivity index (χ2n) is 6.28. The molecule has 0 spiro atoms. The fourth-order valence-electron chi connectivity index (χ4n) is 3.14. The number of carbonyl (C=O) groups excluding carboxylic acids is 1. The zero-order valence-corrected chi connectivity index (χ0v) is 13.5. The number of hydrogen-bond acceptors (Lipinski definition) is 4. The third-order valence-corrected chi connectivity index (χ3v) is 5.73. The van der Waals surface area contributed by atoms with Crippen LogP contribution in [0.5, 0.6) is 0 Å². The summed E-state index contributed by atoms with van der Waals surface area (Å²) >= 11 is 1.75. The van der Waals surface area contributed by atoms with Crippen LogP contribution in [0.3, 0.4) is 0 Å². The zero-order valence-electron chi connectivity index (χ0n) is 12.6. The fraction of sp³-hybridized carbons (Fsp3) is 0.688. The molecular formula is C16H24N2O2S. The first-order valence-corrected chi connectivity index (χ1v) is 8.70. The Kier molecular flexibility index (Phi) is 4.62. The lowest BCUT2D eigenvalue weighted by Crippen LogP contribution is -2.66. The van der Waals surface area contributed by atoms with Crippen LogP contribution in [0, 0.1) is 5.92 Å². The van der Waals surface area contributed by atoms with E-state index in [9.17, 15) is 4.79 Å². The van der Waals surface area contributed by atoms with E-state index in [2.05, 4.69) is 34.7 Å². The van der Waals surface area contributed by atoms with Gasteiger partial charge in [0.1, 0.15) is 0 Å². The number of rotatable bonds is 6. The van der Waals surface area contributed by atoms with Crippen molar-refractivity contribution >= 4 is 17.2 Å². The van der Waals surface area contributed by atoms with Crippen molar-refractivity contribution in [1.29, 1.82) is 0 Å². The molecule has 0 aliphatic carbocycles. The van der Waals surface area contributed by atoms with Crippen molar-refractivity contribution in [2.45, 2.75) is 31.7 Å². The molecule has 1 amide bonds. The maximum absolute atomic E-state index is 12.5. The summed E-state index contributed by atoms with van der Waals surface area (Å²) in [6.07, 6.45) is 3.02. The highest BCUT2D eigenvalue weighted by molar-refractivity contribution is 7.09. The van der Waals surface area contributed by atoms with Gasteiger partial charge in [-0.1, -0.05) is 6.07 Å². The molecule has 116 valence electrons. The molecule has 21 heavy (non-hydrogen) atoms. The molecule has 0 aromatic carbocycles. The lowest BCUT2D eigenvalue weighted by Gasteiger charge is -2.50. The van der Waals surface area contributed by atoms with E-state index in [1.807, 2.05) is 0 Å². The number of hydrogen-bond donors (Lipinski definition) is 1. The Hall–Kier alpha value is -0.910. The van der Waals surface area contributed by atoms with Gasteiger partial charge in [0.05, 0.1) is 12.1 Å². The van der Waals surface area contributed by atoms with E-state index in [4.69, 9.17) is 4.74 Å². The Bertz CT molecular complexity index is 471. The van der Waals surface area contributed by atoms with E-state index in [-0.39, 0.29) is 11.4 Å². The Morgan fingerprint density at radius 3 is 3.14 bits per heavy atom. The first kappa shape index (κ1) is 15.0. The summed E-state index contributed by atoms with van der Waals surface area (Å²) in [4.78, 5) is 16.1. The van der Waals surface area contributed by atoms with Crippen molar-refractivity contribution in [2.75, 3.05) is 32.8 Å². The van der Waals surface area contributed by atoms with Gasteiger partial charge in [-0.3, -0.25) is 9.69 Å². The monoisotopic (exact) mass is 308 g/mol. The molecule has 2 fully saturated rings. The Morgan fingerprint density at radius 1 is 1.62 bits per heavy atom. The normalized spacial score (nSPS) is 29.3. The van der Waals surface area contributed by atoms with Gasteiger partial charge in [-0.2, -0.15) is 0 Å². The van der Waals surface area contributed by atoms with E-state index in [1.54, 1.807) is 11.3 Å². The molecule has 2 unspecified atom stereocenters. The maximum atomic E-state index is 12.5.